The first-order chi connectivity index (χ1) is 13.8. The van der Waals surface area contributed by atoms with Gasteiger partial charge in [-0.15, -0.1) is 23.5 Å². The molecule has 2 saturated heterocycles. The number of nitrogens with zero attached hydrogens (tertiary/aromatic N) is 1. The molecule has 8 nitrogen and oxygen atoms in total. The van der Waals surface area contributed by atoms with Crippen LogP contribution in [-0.2, 0) is 14.4 Å². The zero-order chi connectivity index (χ0) is 21.0. The quantitative estimate of drug-likeness (QED) is 0.551. The number of para-hydroxylation sites is 1. The molecule has 0 aliphatic carbocycles. The second-order valence-corrected chi connectivity index (χ2v) is 10.3. The number of likely N-dealkylation sites (tertiary alicyclic amines) is 1. The third-order valence-electron chi connectivity index (χ3n) is 4.95. The fourth-order valence-corrected chi connectivity index (χ4v) is 6.76. The smallest absolute Gasteiger partial charge is 0.326 e. The van der Waals surface area contributed by atoms with Gasteiger partial charge in [0, 0.05) is 24.5 Å². The maximum absolute atomic E-state index is 13.0. The lowest BCUT2D eigenvalue weighted by Crippen LogP contribution is -2.54. The Bertz CT molecular complexity index is 756. The van der Waals surface area contributed by atoms with Gasteiger partial charge in [0.1, 0.15) is 24.4 Å². The molecule has 2 aliphatic rings. The summed E-state index contributed by atoms with van der Waals surface area (Å²) in [5.74, 6) is -0.182. The number of carbonyl (C=O) groups is 3. The molecular weight excluding hydrogens is 416 g/mol. The van der Waals surface area contributed by atoms with E-state index in [9.17, 15) is 24.6 Å². The highest BCUT2D eigenvalue weighted by Gasteiger charge is 2.52. The number of carboxylic acid groups (broad SMARTS) is 2. The minimum Gasteiger partial charge on any atom is -0.491 e. The highest BCUT2D eigenvalue weighted by atomic mass is 32.2. The van der Waals surface area contributed by atoms with E-state index < -0.39 is 36.0 Å². The van der Waals surface area contributed by atoms with Crippen LogP contribution in [0.15, 0.2) is 30.3 Å². The van der Waals surface area contributed by atoms with Crippen LogP contribution in [0.1, 0.15) is 13.3 Å². The zero-order valence-electron chi connectivity index (χ0n) is 15.9. The van der Waals surface area contributed by atoms with Gasteiger partial charge < -0.3 is 19.8 Å². The molecule has 3 rings (SSSR count). The molecule has 0 saturated carbocycles. The summed E-state index contributed by atoms with van der Waals surface area (Å²) in [6, 6.07) is 5.94. The molecule has 29 heavy (non-hydrogen) atoms. The van der Waals surface area contributed by atoms with Gasteiger partial charge in [-0.2, -0.15) is 0 Å². The SMILES string of the molecule is C[C@H](NC(COc1ccccc1)C(=O)O)C(=O)N1CC2(C[C@H]1C(=O)O)SCCS2. The maximum atomic E-state index is 13.0. The first-order valence-electron chi connectivity index (χ1n) is 9.29. The molecule has 158 valence electrons. The standard InChI is InChI=1S/C19H24N2O6S2/c1-12(20-14(17(23)24)10-27-13-5-3-2-4-6-13)16(22)21-11-19(28-7-8-29-19)9-15(21)18(25)26/h2-6,12,14-15,20H,7-11H2,1H3,(H,23,24)(H,25,26)/t12-,14?,15-/m0/s1. The molecule has 0 radical (unpaired) electrons. The first-order valence-corrected chi connectivity index (χ1v) is 11.3. The van der Waals surface area contributed by atoms with E-state index in [1.165, 1.54) is 4.90 Å². The Balaban J connectivity index is 1.64. The van der Waals surface area contributed by atoms with Crippen molar-refractivity contribution in [3.05, 3.63) is 30.3 Å². The summed E-state index contributed by atoms with van der Waals surface area (Å²) in [5, 5.41) is 21.9. The average Bonchev–Trinajstić information content (AvgIpc) is 3.32. The van der Waals surface area contributed by atoms with E-state index in [0.717, 1.165) is 11.5 Å². The van der Waals surface area contributed by atoms with Crippen molar-refractivity contribution in [2.24, 2.45) is 0 Å². The predicted molar refractivity (Wildman–Crippen MR) is 111 cm³/mol. The van der Waals surface area contributed by atoms with Gasteiger partial charge in [-0.25, -0.2) is 4.79 Å². The molecule has 2 heterocycles. The number of ether oxygens (including phenoxy) is 1. The van der Waals surface area contributed by atoms with E-state index in [2.05, 4.69) is 5.32 Å². The number of benzene rings is 1. The second kappa shape index (κ2) is 9.27. The number of amides is 1. The summed E-state index contributed by atoms with van der Waals surface area (Å²) < 4.78 is 5.23. The minimum absolute atomic E-state index is 0.158. The van der Waals surface area contributed by atoms with Gasteiger partial charge in [-0.05, 0) is 19.1 Å². The van der Waals surface area contributed by atoms with Crippen LogP contribution in [0, 0.1) is 0 Å². The second-order valence-electron chi connectivity index (χ2n) is 7.04. The van der Waals surface area contributed by atoms with E-state index >= 15 is 0 Å². The van der Waals surface area contributed by atoms with Crippen LogP contribution in [0.3, 0.4) is 0 Å². The zero-order valence-corrected chi connectivity index (χ0v) is 17.6. The topological polar surface area (TPSA) is 116 Å². The number of hydrogen-bond acceptors (Lipinski definition) is 7. The van der Waals surface area contributed by atoms with Crippen molar-refractivity contribution in [1.29, 1.82) is 0 Å². The highest BCUT2D eigenvalue weighted by molar-refractivity contribution is 8.21. The number of thioether (sulfide) groups is 2. The number of nitrogens with one attached hydrogen (secondary N) is 1. The van der Waals surface area contributed by atoms with Gasteiger partial charge >= 0.3 is 11.9 Å². The lowest BCUT2D eigenvalue weighted by Gasteiger charge is -2.28. The monoisotopic (exact) mass is 440 g/mol. The van der Waals surface area contributed by atoms with Crippen molar-refractivity contribution in [2.45, 2.75) is 35.5 Å². The number of aliphatic carboxylic acids is 2. The summed E-state index contributed by atoms with van der Waals surface area (Å²) in [4.78, 5) is 37.7. The molecule has 0 aromatic heterocycles. The van der Waals surface area contributed by atoms with Gasteiger partial charge in [0.2, 0.25) is 5.91 Å². The van der Waals surface area contributed by atoms with Gasteiger partial charge in [0.15, 0.2) is 0 Å². The molecule has 1 amide bonds. The normalized spacial score (nSPS) is 22.4. The fraction of sp³-hybridized carbons (Fsp3) is 0.526. The van der Waals surface area contributed by atoms with E-state index in [1.54, 1.807) is 54.7 Å². The van der Waals surface area contributed by atoms with Crippen LogP contribution in [0.2, 0.25) is 0 Å². The summed E-state index contributed by atoms with van der Waals surface area (Å²) in [6.07, 6.45) is 0.398. The molecule has 2 fully saturated rings. The third-order valence-corrected chi connectivity index (χ3v) is 8.38. The first kappa shape index (κ1) is 21.8. The number of carboxylic acids is 2. The Morgan fingerprint density at radius 2 is 1.90 bits per heavy atom. The highest BCUT2D eigenvalue weighted by Crippen LogP contribution is 2.51. The maximum Gasteiger partial charge on any atom is 0.326 e. The van der Waals surface area contributed by atoms with Crippen molar-refractivity contribution in [3.8, 4) is 5.75 Å². The molecule has 3 atom stereocenters. The van der Waals surface area contributed by atoms with Crippen molar-refractivity contribution in [1.82, 2.24) is 10.2 Å². The van der Waals surface area contributed by atoms with Crippen LogP contribution < -0.4 is 10.1 Å². The van der Waals surface area contributed by atoms with E-state index in [-0.39, 0.29) is 10.7 Å². The lowest BCUT2D eigenvalue weighted by atomic mass is 10.2. The van der Waals surface area contributed by atoms with Crippen LogP contribution >= 0.6 is 23.5 Å². The predicted octanol–water partition coefficient (Wildman–Crippen LogP) is 1.36. The summed E-state index contributed by atoms with van der Waals surface area (Å²) in [7, 11) is 0. The molecule has 2 aliphatic heterocycles. The van der Waals surface area contributed by atoms with E-state index in [0.29, 0.717) is 18.7 Å². The van der Waals surface area contributed by atoms with Crippen molar-refractivity contribution in [3.63, 3.8) is 0 Å². The number of carbonyl (C=O) groups excluding carboxylic acids is 1. The van der Waals surface area contributed by atoms with Gasteiger partial charge in [0.05, 0.1) is 10.1 Å². The Kier molecular flexibility index (Phi) is 6.97. The lowest BCUT2D eigenvalue weighted by molar-refractivity contribution is -0.149. The number of hydrogen-bond donors (Lipinski definition) is 3. The van der Waals surface area contributed by atoms with E-state index in [1.807, 2.05) is 6.07 Å². The van der Waals surface area contributed by atoms with Gasteiger partial charge in [-0.1, -0.05) is 18.2 Å². The van der Waals surface area contributed by atoms with Crippen LogP contribution in [0.4, 0.5) is 0 Å². The summed E-state index contributed by atoms with van der Waals surface area (Å²) in [5.41, 5.74) is 0. The molecule has 1 unspecified atom stereocenters. The number of rotatable bonds is 8. The Hall–Kier alpha value is -1.91. The van der Waals surface area contributed by atoms with Gasteiger partial charge in [-0.3, -0.25) is 14.9 Å². The van der Waals surface area contributed by atoms with Crippen molar-refractivity contribution in [2.75, 3.05) is 24.7 Å². The third kappa shape index (κ3) is 5.18. The van der Waals surface area contributed by atoms with Crippen LogP contribution in [0.25, 0.3) is 0 Å². The summed E-state index contributed by atoms with van der Waals surface area (Å²) in [6.45, 7) is 1.75. The van der Waals surface area contributed by atoms with Crippen molar-refractivity contribution >= 4 is 41.4 Å². The molecule has 1 aromatic rings. The summed E-state index contributed by atoms with van der Waals surface area (Å²) >= 11 is 3.40. The minimum atomic E-state index is -1.14. The Morgan fingerprint density at radius 3 is 2.48 bits per heavy atom. The molecule has 3 N–H and O–H groups in total. The Labute approximate surface area is 177 Å². The van der Waals surface area contributed by atoms with Crippen LogP contribution in [-0.4, -0.2) is 79.8 Å². The van der Waals surface area contributed by atoms with Crippen molar-refractivity contribution < 1.29 is 29.3 Å². The molecular formula is C19H24N2O6S2. The molecule has 1 aromatic carbocycles. The Morgan fingerprint density at radius 1 is 1.24 bits per heavy atom. The van der Waals surface area contributed by atoms with Gasteiger partial charge in [0.25, 0.3) is 0 Å². The van der Waals surface area contributed by atoms with Crippen LogP contribution in [0.5, 0.6) is 5.75 Å². The van der Waals surface area contributed by atoms with E-state index in [4.69, 9.17) is 4.74 Å². The average molecular weight is 441 g/mol. The molecule has 0 bridgehead atoms. The molecule has 10 heteroatoms. The fourth-order valence-electron chi connectivity index (χ4n) is 3.51. The largest absolute Gasteiger partial charge is 0.491 e. The molecule has 1 spiro atoms.